The lowest BCUT2D eigenvalue weighted by atomic mass is 10.1. The minimum Gasteiger partial charge on any atom is -0.414 e. The van der Waals surface area contributed by atoms with Crippen LogP contribution in [0.4, 0.5) is 5.82 Å². The van der Waals surface area contributed by atoms with E-state index in [1.54, 1.807) is 23.0 Å². The molecule has 0 aliphatic heterocycles. The molecule has 10 heteroatoms. The van der Waals surface area contributed by atoms with E-state index in [1.807, 2.05) is 40.0 Å². The normalized spacial score (nSPS) is 11.7. The summed E-state index contributed by atoms with van der Waals surface area (Å²) in [4.78, 5) is 21.1. The zero-order valence-corrected chi connectivity index (χ0v) is 19.7. The fourth-order valence-electron chi connectivity index (χ4n) is 3.65. The standard InChI is InChI=1S/C24H28N8O2/c1-14-9-15(10-27-4)5-7-17(14)22-30-31-23(34-22)20-21(25)28-11-18(29-20)16-6-8-19(33)32(12-16)13-24(2,3)26/h5-9,11-12,27H,10,13,26H2,1-4H3,(H2,25,28). The number of benzene rings is 1. The van der Waals surface area contributed by atoms with Crippen LogP contribution in [-0.2, 0) is 13.1 Å². The summed E-state index contributed by atoms with van der Waals surface area (Å²) in [5.74, 6) is 0.697. The summed E-state index contributed by atoms with van der Waals surface area (Å²) in [6.07, 6.45) is 3.24. The number of aromatic nitrogens is 5. The molecular weight excluding hydrogens is 432 g/mol. The van der Waals surface area contributed by atoms with Crippen LogP contribution < -0.4 is 22.3 Å². The van der Waals surface area contributed by atoms with Gasteiger partial charge in [-0.05, 0) is 51.1 Å². The molecule has 3 aromatic heterocycles. The third kappa shape index (κ3) is 5.03. The van der Waals surface area contributed by atoms with Crippen molar-refractivity contribution in [1.29, 1.82) is 0 Å². The maximum atomic E-state index is 12.3. The Morgan fingerprint density at radius 1 is 1.15 bits per heavy atom. The predicted molar refractivity (Wildman–Crippen MR) is 131 cm³/mol. The Kier molecular flexibility index (Phi) is 6.27. The molecule has 4 rings (SSSR count). The van der Waals surface area contributed by atoms with E-state index < -0.39 is 5.54 Å². The molecule has 0 atom stereocenters. The molecule has 176 valence electrons. The summed E-state index contributed by atoms with van der Waals surface area (Å²) < 4.78 is 7.48. The maximum Gasteiger partial charge on any atom is 0.270 e. The van der Waals surface area contributed by atoms with Gasteiger partial charge in [-0.3, -0.25) is 4.79 Å². The van der Waals surface area contributed by atoms with E-state index in [1.165, 1.54) is 6.07 Å². The van der Waals surface area contributed by atoms with Crippen LogP contribution in [0.15, 0.2) is 51.9 Å². The van der Waals surface area contributed by atoms with E-state index >= 15 is 0 Å². The van der Waals surface area contributed by atoms with Crippen molar-refractivity contribution in [1.82, 2.24) is 30.0 Å². The number of pyridine rings is 1. The first-order chi connectivity index (χ1) is 16.1. The van der Waals surface area contributed by atoms with E-state index in [0.717, 1.165) is 23.2 Å². The van der Waals surface area contributed by atoms with Crippen LogP contribution in [0.3, 0.4) is 0 Å². The number of nitrogen functional groups attached to an aromatic ring is 1. The molecule has 0 bridgehead atoms. The van der Waals surface area contributed by atoms with Gasteiger partial charge >= 0.3 is 0 Å². The molecule has 5 N–H and O–H groups in total. The first kappa shape index (κ1) is 23.3. The van der Waals surface area contributed by atoms with Gasteiger partial charge in [0.1, 0.15) is 0 Å². The van der Waals surface area contributed by atoms with Crippen molar-refractivity contribution in [3.8, 4) is 34.3 Å². The maximum absolute atomic E-state index is 12.3. The molecule has 0 unspecified atom stereocenters. The molecule has 34 heavy (non-hydrogen) atoms. The highest BCUT2D eigenvalue weighted by Crippen LogP contribution is 2.29. The molecular formula is C24H28N8O2. The first-order valence-corrected chi connectivity index (χ1v) is 10.9. The van der Waals surface area contributed by atoms with E-state index in [-0.39, 0.29) is 23.0 Å². The molecule has 4 aromatic rings. The Morgan fingerprint density at radius 2 is 1.91 bits per heavy atom. The monoisotopic (exact) mass is 460 g/mol. The number of aryl methyl sites for hydroxylation is 1. The van der Waals surface area contributed by atoms with Gasteiger partial charge < -0.3 is 25.8 Å². The molecule has 0 aliphatic rings. The molecule has 0 saturated heterocycles. The summed E-state index contributed by atoms with van der Waals surface area (Å²) in [5, 5.41) is 11.5. The van der Waals surface area contributed by atoms with E-state index in [2.05, 4.69) is 31.5 Å². The van der Waals surface area contributed by atoms with Gasteiger partial charge in [-0.15, -0.1) is 10.2 Å². The number of nitrogens with one attached hydrogen (secondary N) is 1. The van der Waals surface area contributed by atoms with E-state index in [0.29, 0.717) is 23.7 Å². The van der Waals surface area contributed by atoms with Crippen molar-refractivity contribution < 1.29 is 4.42 Å². The average Bonchev–Trinajstić information content (AvgIpc) is 3.25. The zero-order valence-electron chi connectivity index (χ0n) is 19.7. The minimum absolute atomic E-state index is 0.149. The number of rotatable bonds is 7. The summed E-state index contributed by atoms with van der Waals surface area (Å²) >= 11 is 0. The van der Waals surface area contributed by atoms with Crippen molar-refractivity contribution in [3.05, 3.63) is 64.2 Å². The van der Waals surface area contributed by atoms with Gasteiger partial charge in [-0.25, -0.2) is 9.97 Å². The van der Waals surface area contributed by atoms with Crippen molar-refractivity contribution in [2.75, 3.05) is 12.8 Å². The van der Waals surface area contributed by atoms with Crippen molar-refractivity contribution in [2.45, 2.75) is 39.4 Å². The SMILES string of the molecule is CNCc1ccc(-c2nnc(-c3nc(-c4ccc(=O)n(CC(C)(C)N)c4)cnc3N)o2)c(C)c1. The third-order valence-corrected chi connectivity index (χ3v) is 5.19. The number of nitrogens with two attached hydrogens (primary N) is 2. The van der Waals surface area contributed by atoms with Crippen molar-refractivity contribution in [3.63, 3.8) is 0 Å². The van der Waals surface area contributed by atoms with Gasteiger partial charge in [0.15, 0.2) is 11.5 Å². The Balaban J connectivity index is 1.69. The molecule has 0 radical (unpaired) electrons. The van der Waals surface area contributed by atoms with Crippen LogP contribution >= 0.6 is 0 Å². The molecule has 1 aromatic carbocycles. The number of hydrogen-bond acceptors (Lipinski definition) is 9. The van der Waals surface area contributed by atoms with Gasteiger partial charge in [-0.1, -0.05) is 12.1 Å². The zero-order chi connectivity index (χ0) is 24.5. The predicted octanol–water partition coefficient (Wildman–Crippen LogP) is 2.37. The fourth-order valence-corrected chi connectivity index (χ4v) is 3.65. The topological polar surface area (TPSA) is 151 Å². The lowest BCUT2D eigenvalue weighted by Crippen LogP contribution is -2.40. The molecule has 0 spiro atoms. The van der Waals surface area contributed by atoms with Crippen LogP contribution in [0.25, 0.3) is 34.3 Å². The lowest BCUT2D eigenvalue weighted by Gasteiger charge is -2.20. The molecule has 10 nitrogen and oxygen atoms in total. The molecule has 0 amide bonds. The Hall–Kier alpha value is -3.89. The smallest absolute Gasteiger partial charge is 0.270 e. The highest BCUT2D eigenvalue weighted by Gasteiger charge is 2.19. The first-order valence-electron chi connectivity index (χ1n) is 10.9. The lowest BCUT2D eigenvalue weighted by molar-refractivity contribution is 0.426. The van der Waals surface area contributed by atoms with Crippen molar-refractivity contribution in [2.24, 2.45) is 5.73 Å². The summed E-state index contributed by atoms with van der Waals surface area (Å²) in [6.45, 7) is 6.83. The molecule has 0 fully saturated rings. The highest BCUT2D eigenvalue weighted by molar-refractivity contribution is 5.69. The summed E-state index contributed by atoms with van der Waals surface area (Å²) in [7, 11) is 1.90. The summed E-state index contributed by atoms with van der Waals surface area (Å²) in [6, 6.07) is 9.19. The quantitative estimate of drug-likeness (QED) is 0.377. The second-order valence-corrected chi connectivity index (χ2v) is 8.95. The fraction of sp³-hybridized carbons (Fsp3) is 0.292. The minimum atomic E-state index is -0.552. The second-order valence-electron chi connectivity index (χ2n) is 8.95. The Labute approximate surface area is 197 Å². The second kappa shape index (κ2) is 9.16. The van der Waals surface area contributed by atoms with E-state index in [9.17, 15) is 4.79 Å². The van der Waals surface area contributed by atoms with Gasteiger partial charge in [0.2, 0.25) is 5.89 Å². The Bertz CT molecular complexity index is 1380. The van der Waals surface area contributed by atoms with Crippen LogP contribution in [0.2, 0.25) is 0 Å². The number of anilines is 1. The third-order valence-electron chi connectivity index (χ3n) is 5.19. The van der Waals surface area contributed by atoms with Crippen LogP contribution in [0, 0.1) is 6.92 Å². The van der Waals surface area contributed by atoms with Crippen LogP contribution in [-0.4, -0.2) is 37.3 Å². The van der Waals surface area contributed by atoms with Gasteiger partial charge in [-0.2, -0.15) is 0 Å². The van der Waals surface area contributed by atoms with Gasteiger partial charge in [0.05, 0.1) is 11.9 Å². The molecule has 0 aliphatic carbocycles. The number of nitrogens with zero attached hydrogens (tertiary/aromatic N) is 5. The van der Waals surface area contributed by atoms with Crippen LogP contribution in [0.1, 0.15) is 25.0 Å². The van der Waals surface area contributed by atoms with Crippen molar-refractivity contribution >= 4 is 5.82 Å². The largest absolute Gasteiger partial charge is 0.414 e. The summed E-state index contributed by atoms with van der Waals surface area (Å²) in [5.41, 5.74) is 16.0. The van der Waals surface area contributed by atoms with E-state index in [4.69, 9.17) is 15.9 Å². The Morgan fingerprint density at radius 3 is 2.62 bits per heavy atom. The molecule has 0 saturated carbocycles. The van der Waals surface area contributed by atoms with Gasteiger partial charge in [0, 0.05) is 42.0 Å². The number of hydrogen-bond donors (Lipinski definition) is 3. The highest BCUT2D eigenvalue weighted by atomic mass is 16.4. The van der Waals surface area contributed by atoms with Gasteiger partial charge in [0.25, 0.3) is 11.4 Å². The van der Waals surface area contributed by atoms with Crippen LogP contribution in [0.5, 0.6) is 0 Å². The average molecular weight is 461 g/mol. The molecule has 3 heterocycles.